The molecule has 0 saturated heterocycles. The molecule has 25 heavy (non-hydrogen) atoms. The zero-order chi connectivity index (χ0) is 18.0. The van der Waals surface area contributed by atoms with Gasteiger partial charge in [0, 0.05) is 28.7 Å². The van der Waals surface area contributed by atoms with Crippen molar-refractivity contribution in [1.29, 1.82) is 0 Å². The number of aliphatic hydroxyl groups is 1. The predicted molar refractivity (Wildman–Crippen MR) is 90.9 cm³/mol. The molecular formula is C19H18F2N2O2. The van der Waals surface area contributed by atoms with Gasteiger partial charge in [-0.1, -0.05) is 6.07 Å². The smallest absolute Gasteiger partial charge is 0.224 e. The summed E-state index contributed by atoms with van der Waals surface area (Å²) in [5, 5.41) is 12.5. The average molecular weight is 344 g/mol. The summed E-state index contributed by atoms with van der Waals surface area (Å²) in [6, 6.07) is 8.76. The highest BCUT2D eigenvalue weighted by atomic mass is 19.1. The molecule has 0 unspecified atom stereocenters. The Kier molecular flexibility index (Phi) is 4.81. The zero-order valence-corrected chi connectivity index (χ0v) is 13.7. The number of aryl methyl sites for hydroxylation is 1. The summed E-state index contributed by atoms with van der Waals surface area (Å²) in [6.07, 6.45) is 0.114. The maximum absolute atomic E-state index is 13.5. The number of hydrogen-bond acceptors (Lipinski definition) is 2. The summed E-state index contributed by atoms with van der Waals surface area (Å²) in [5.41, 5.74) is 3.24. The van der Waals surface area contributed by atoms with E-state index in [-0.39, 0.29) is 30.3 Å². The van der Waals surface area contributed by atoms with E-state index in [1.807, 2.05) is 6.92 Å². The number of fused-ring (bicyclic) bond motifs is 1. The topological polar surface area (TPSA) is 65.1 Å². The molecule has 0 saturated carbocycles. The third kappa shape index (κ3) is 3.69. The standard InChI is InChI=1S/C19H18F2N2O2/c1-11-15(16-7-14(20)3-5-18(16)23-11)8-19(25)22-9-12-2-4-17(21)13(6-12)10-24/h2-7,23-24H,8-10H2,1H3,(H,22,25). The van der Waals surface area contributed by atoms with Crippen LogP contribution in [0.25, 0.3) is 10.9 Å². The van der Waals surface area contributed by atoms with Crippen LogP contribution in [-0.4, -0.2) is 16.0 Å². The second-order valence-electron chi connectivity index (χ2n) is 5.96. The largest absolute Gasteiger partial charge is 0.392 e. The van der Waals surface area contributed by atoms with E-state index in [4.69, 9.17) is 5.11 Å². The number of amides is 1. The summed E-state index contributed by atoms with van der Waals surface area (Å²) >= 11 is 0. The van der Waals surface area contributed by atoms with Crippen molar-refractivity contribution in [1.82, 2.24) is 10.3 Å². The molecule has 2 aromatic carbocycles. The monoisotopic (exact) mass is 344 g/mol. The fourth-order valence-electron chi connectivity index (χ4n) is 2.87. The normalized spacial score (nSPS) is 11.0. The quantitative estimate of drug-likeness (QED) is 0.666. The Bertz CT molecular complexity index is 935. The second kappa shape index (κ2) is 7.03. The Morgan fingerprint density at radius 2 is 2.00 bits per heavy atom. The van der Waals surface area contributed by atoms with Crippen LogP contribution < -0.4 is 5.32 Å². The minimum absolute atomic E-state index is 0.114. The molecule has 1 amide bonds. The van der Waals surface area contributed by atoms with Crippen molar-refractivity contribution >= 4 is 16.8 Å². The number of hydrogen-bond donors (Lipinski definition) is 3. The number of aliphatic hydroxyl groups excluding tert-OH is 1. The number of halogens is 2. The molecule has 0 aliphatic rings. The lowest BCUT2D eigenvalue weighted by atomic mass is 10.1. The molecule has 0 radical (unpaired) electrons. The van der Waals surface area contributed by atoms with Gasteiger partial charge >= 0.3 is 0 Å². The van der Waals surface area contributed by atoms with Crippen LogP contribution in [0.2, 0.25) is 0 Å². The number of H-pyrrole nitrogens is 1. The van der Waals surface area contributed by atoms with E-state index in [0.29, 0.717) is 10.9 Å². The molecule has 6 heteroatoms. The van der Waals surface area contributed by atoms with Crippen LogP contribution in [0.4, 0.5) is 8.78 Å². The Labute approximate surface area is 143 Å². The molecule has 130 valence electrons. The van der Waals surface area contributed by atoms with E-state index in [9.17, 15) is 13.6 Å². The van der Waals surface area contributed by atoms with Gasteiger partial charge < -0.3 is 15.4 Å². The molecule has 0 aliphatic carbocycles. The number of aromatic nitrogens is 1. The van der Waals surface area contributed by atoms with Gasteiger partial charge in [-0.25, -0.2) is 8.78 Å². The van der Waals surface area contributed by atoms with Crippen molar-refractivity contribution in [2.45, 2.75) is 26.5 Å². The molecule has 3 N–H and O–H groups in total. The molecule has 1 heterocycles. The van der Waals surface area contributed by atoms with Crippen LogP contribution in [0.1, 0.15) is 22.4 Å². The third-order valence-corrected chi connectivity index (χ3v) is 4.19. The van der Waals surface area contributed by atoms with Gasteiger partial charge in [0.2, 0.25) is 5.91 Å². The van der Waals surface area contributed by atoms with Crippen molar-refractivity contribution in [3.8, 4) is 0 Å². The molecule has 1 aromatic heterocycles. The average Bonchev–Trinajstić information content (AvgIpc) is 2.89. The van der Waals surface area contributed by atoms with Crippen LogP contribution in [0.3, 0.4) is 0 Å². The van der Waals surface area contributed by atoms with Crippen LogP contribution in [0.15, 0.2) is 36.4 Å². The van der Waals surface area contributed by atoms with E-state index in [1.165, 1.54) is 24.3 Å². The van der Waals surface area contributed by atoms with Gasteiger partial charge in [0.25, 0.3) is 0 Å². The highest BCUT2D eigenvalue weighted by Crippen LogP contribution is 2.23. The first-order chi connectivity index (χ1) is 12.0. The summed E-state index contributed by atoms with van der Waals surface area (Å²) in [5.74, 6) is -1.05. The molecule has 4 nitrogen and oxygen atoms in total. The van der Waals surface area contributed by atoms with Crippen molar-refractivity contribution in [2.24, 2.45) is 0 Å². The number of nitrogens with one attached hydrogen (secondary N) is 2. The summed E-state index contributed by atoms with van der Waals surface area (Å²) in [7, 11) is 0. The zero-order valence-electron chi connectivity index (χ0n) is 13.7. The number of carbonyl (C=O) groups excluding carboxylic acids is 1. The van der Waals surface area contributed by atoms with Gasteiger partial charge in [0.05, 0.1) is 13.0 Å². The van der Waals surface area contributed by atoms with Gasteiger partial charge in [0.1, 0.15) is 11.6 Å². The Hall–Kier alpha value is -2.73. The number of benzene rings is 2. The molecule has 0 bridgehead atoms. The molecule has 0 spiro atoms. The van der Waals surface area contributed by atoms with E-state index >= 15 is 0 Å². The first-order valence-corrected chi connectivity index (χ1v) is 7.89. The third-order valence-electron chi connectivity index (χ3n) is 4.19. The van der Waals surface area contributed by atoms with Gasteiger partial charge in [-0.05, 0) is 48.4 Å². The molecule has 3 aromatic rings. The molecule has 3 rings (SSSR count). The number of carbonyl (C=O) groups is 1. The van der Waals surface area contributed by atoms with E-state index < -0.39 is 12.4 Å². The molecule has 0 fully saturated rings. The maximum Gasteiger partial charge on any atom is 0.224 e. The summed E-state index contributed by atoms with van der Waals surface area (Å²) in [6.45, 7) is 1.67. The fraction of sp³-hybridized carbons (Fsp3) is 0.211. The highest BCUT2D eigenvalue weighted by molar-refractivity contribution is 5.90. The lowest BCUT2D eigenvalue weighted by Crippen LogP contribution is -2.24. The predicted octanol–water partition coefficient (Wildman–Crippen LogP) is 3.11. The molecule has 0 atom stereocenters. The molecule has 0 aliphatic heterocycles. The van der Waals surface area contributed by atoms with Crippen molar-refractivity contribution < 1.29 is 18.7 Å². The van der Waals surface area contributed by atoms with Gasteiger partial charge in [0.15, 0.2) is 0 Å². The highest BCUT2D eigenvalue weighted by Gasteiger charge is 2.13. The minimum atomic E-state index is -0.478. The summed E-state index contributed by atoms with van der Waals surface area (Å²) in [4.78, 5) is 15.4. The number of rotatable bonds is 5. The van der Waals surface area contributed by atoms with Crippen LogP contribution in [-0.2, 0) is 24.4 Å². The van der Waals surface area contributed by atoms with Crippen molar-refractivity contribution in [3.63, 3.8) is 0 Å². The summed E-state index contributed by atoms with van der Waals surface area (Å²) < 4.78 is 26.8. The van der Waals surface area contributed by atoms with Crippen LogP contribution in [0.5, 0.6) is 0 Å². The van der Waals surface area contributed by atoms with Crippen molar-refractivity contribution in [3.05, 3.63) is 70.4 Å². The fourth-order valence-corrected chi connectivity index (χ4v) is 2.87. The lowest BCUT2D eigenvalue weighted by molar-refractivity contribution is -0.120. The van der Waals surface area contributed by atoms with Crippen LogP contribution >= 0.6 is 0 Å². The van der Waals surface area contributed by atoms with E-state index in [2.05, 4.69) is 10.3 Å². The van der Waals surface area contributed by atoms with Crippen LogP contribution in [0, 0.1) is 18.6 Å². The lowest BCUT2D eigenvalue weighted by Gasteiger charge is -2.08. The first kappa shape index (κ1) is 17.1. The Morgan fingerprint density at radius 3 is 2.76 bits per heavy atom. The van der Waals surface area contributed by atoms with E-state index in [0.717, 1.165) is 16.8 Å². The molecular weight excluding hydrogens is 326 g/mol. The Morgan fingerprint density at radius 1 is 1.20 bits per heavy atom. The number of aromatic amines is 1. The first-order valence-electron chi connectivity index (χ1n) is 7.89. The van der Waals surface area contributed by atoms with Gasteiger partial charge in [-0.15, -0.1) is 0 Å². The Balaban J connectivity index is 1.71. The van der Waals surface area contributed by atoms with Gasteiger partial charge in [-0.3, -0.25) is 4.79 Å². The minimum Gasteiger partial charge on any atom is -0.392 e. The maximum atomic E-state index is 13.5. The van der Waals surface area contributed by atoms with E-state index in [1.54, 1.807) is 12.1 Å². The SMILES string of the molecule is Cc1[nH]c2ccc(F)cc2c1CC(=O)NCc1ccc(F)c(CO)c1. The second-order valence-corrected chi connectivity index (χ2v) is 5.96. The van der Waals surface area contributed by atoms with Gasteiger partial charge in [-0.2, -0.15) is 0 Å². The van der Waals surface area contributed by atoms with Crippen molar-refractivity contribution in [2.75, 3.05) is 0 Å².